The Labute approximate surface area is 108 Å². The van der Waals surface area contributed by atoms with Crippen molar-refractivity contribution in [1.29, 1.82) is 0 Å². The zero-order chi connectivity index (χ0) is 13.6. The van der Waals surface area contributed by atoms with Gasteiger partial charge in [0, 0.05) is 4.90 Å². The van der Waals surface area contributed by atoms with Crippen molar-refractivity contribution < 1.29 is 18.0 Å². The Morgan fingerprint density at radius 3 is 2.44 bits per heavy atom. The molecule has 0 aromatic heterocycles. The Morgan fingerprint density at radius 1 is 1.33 bits per heavy atom. The van der Waals surface area contributed by atoms with Crippen LogP contribution in [-0.4, -0.2) is 17.2 Å². The van der Waals surface area contributed by atoms with E-state index in [1.54, 1.807) is 49.4 Å². The largest absolute Gasteiger partial charge is 0.451 e. The lowest BCUT2D eigenvalue weighted by Crippen LogP contribution is -2.32. The zero-order valence-corrected chi connectivity index (χ0v) is 10.6. The summed E-state index contributed by atoms with van der Waals surface area (Å²) in [5, 5.41) is -1.12. The van der Waals surface area contributed by atoms with Crippen LogP contribution in [0.15, 0.2) is 47.4 Å². The third kappa shape index (κ3) is 4.56. The van der Waals surface area contributed by atoms with Crippen molar-refractivity contribution >= 4 is 17.5 Å². The molecule has 0 aliphatic heterocycles. The first-order chi connectivity index (χ1) is 8.45. The van der Waals surface area contributed by atoms with Gasteiger partial charge < -0.3 is 0 Å². The van der Waals surface area contributed by atoms with Crippen LogP contribution in [0.25, 0.3) is 0 Å². The Kier molecular flexibility index (Phi) is 5.47. The number of carbonyl (C=O) groups excluding carboxylic acids is 1. The molecule has 0 bridgehead atoms. The normalized spacial score (nSPS) is 13.8. The average Bonchev–Trinajstić information content (AvgIpc) is 2.33. The van der Waals surface area contributed by atoms with E-state index in [1.807, 2.05) is 0 Å². The molecule has 0 saturated heterocycles. The quantitative estimate of drug-likeness (QED) is 0.590. The van der Waals surface area contributed by atoms with E-state index < -0.39 is 17.2 Å². The summed E-state index contributed by atoms with van der Waals surface area (Å²) in [4.78, 5) is 12.0. The van der Waals surface area contributed by atoms with Gasteiger partial charge >= 0.3 is 6.18 Å². The third-order valence-corrected chi connectivity index (χ3v) is 3.41. The number of Topliss-reactive ketones (excluding diaryl/α,β-unsaturated/α-hetero) is 1. The SMILES string of the molecule is C/C=C/CC(Sc1ccccc1)C(=O)C(F)(F)F. The molecule has 18 heavy (non-hydrogen) atoms. The van der Waals surface area contributed by atoms with Gasteiger partial charge in [0.25, 0.3) is 0 Å². The molecule has 98 valence electrons. The first-order valence-electron chi connectivity index (χ1n) is 5.39. The number of carbonyl (C=O) groups is 1. The highest BCUT2D eigenvalue weighted by Gasteiger charge is 2.43. The molecule has 0 aliphatic rings. The van der Waals surface area contributed by atoms with E-state index >= 15 is 0 Å². The summed E-state index contributed by atoms with van der Waals surface area (Å²) in [7, 11) is 0. The molecule has 1 aromatic rings. The molecule has 0 N–H and O–H groups in total. The molecule has 1 aromatic carbocycles. The number of hydrogen-bond donors (Lipinski definition) is 0. The molecular weight excluding hydrogens is 261 g/mol. The minimum absolute atomic E-state index is 0.0778. The van der Waals surface area contributed by atoms with Gasteiger partial charge in [-0.05, 0) is 25.5 Å². The second kappa shape index (κ2) is 6.64. The van der Waals surface area contributed by atoms with E-state index in [1.165, 1.54) is 0 Å². The highest BCUT2D eigenvalue weighted by atomic mass is 32.2. The number of hydrogen-bond acceptors (Lipinski definition) is 2. The Morgan fingerprint density at radius 2 is 1.94 bits per heavy atom. The average molecular weight is 274 g/mol. The van der Waals surface area contributed by atoms with Gasteiger partial charge in [-0.25, -0.2) is 0 Å². The van der Waals surface area contributed by atoms with Gasteiger partial charge in [0.1, 0.15) is 0 Å². The summed E-state index contributed by atoms with van der Waals surface area (Å²) >= 11 is 0.943. The minimum Gasteiger partial charge on any atom is -0.288 e. The number of rotatable bonds is 5. The number of allylic oxidation sites excluding steroid dienone is 2. The highest BCUT2D eigenvalue weighted by molar-refractivity contribution is 8.00. The van der Waals surface area contributed by atoms with Crippen LogP contribution in [0.5, 0.6) is 0 Å². The number of benzene rings is 1. The van der Waals surface area contributed by atoms with Gasteiger partial charge in [0.15, 0.2) is 0 Å². The second-order valence-electron chi connectivity index (χ2n) is 3.59. The fourth-order valence-corrected chi connectivity index (χ4v) is 2.41. The van der Waals surface area contributed by atoms with Gasteiger partial charge in [-0.15, -0.1) is 11.8 Å². The van der Waals surface area contributed by atoms with E-state index in [-0.39, 0.29) is 6.42 Å². The van der Waals surface area contributed by atoms with Crippen molar-refractivity contribution in [3.8, 4) is 0 Å². The Hall–Kier alpha value is -1.23. The van der Waals surface area contributed by atoms with Crippen molar-refractivity contribution in [2.24, 2.45) is 0 Å². The van der Waals surface area contributed by atoms with Crippen LogP contribution in [0.2, 0.25) is 0 Å². The van der Waals surface area contributed by atoms with Crippen LogP contribution in [0.4, 0.5) is 13.2 Å². The summed E-state index contributed by atoms with van der Waals surface area (Å²) in [6, 6.07) is 8.62. The van der Waals surface area contributed by atoms with Crippen molar-refractivity contribution in [3.05, 3.63) is 42.5 Å². The van der Waals surface area contributed by atoms with Crippen LogP contribution in [-0.2, 0) is 4.79 Å². The minimum atomic E-state index is -4.78. The number of alkyl halides is 3. The molecule has 0 radical (unpaired) electrons. The van der Waals surface area contributed by atoms with Gasteiger partial charge in [-0.2, -0.15) is 13.2 Å². The molecule has 0 heterocycles. The van der Waals surface area contributed by atoms with Crippen molar-refractivity contribution in [2.45, 2.75) is 29.7 Å². The van der Waals surface area contributed by atoms with Crippen LogP contribution < -0.4 is 0 Å². The van der Waals surface area contributed by atoms with E-state index in [2.05, 4.69) is 0 Å². The van der Waals surface area contributed by atoms with Gasteiger partial charge in [-0.3, -0.25) is 4.79 Å². The molecule has 0 aliphatic carbocycles. The fraction of sp³-hybridized carbons (Fsp3) is 0.308. The summed E-state index contributed by atoms with van der Waals surface area (Å²) in [5.41, 5.74) is 0. The molecule has 0 fully saturated rings. The lowest BCUT2D eigenvalue weighted by atomic mass is 10.2. The topological polar surface area (TPSA) is 17.1 Å². The second-order valence-corrected chi connectivity index (χ2v) is 4.86. The molecule has 0 saturated carbocycles. The summed E-state index contributed by atoms with van der Waals surface area (Å²) in [6.07, 6.45) is -1.49. The zero-order valence-electron chi connectivity index (χ0n) is 9.78. The van der Waals surface area contributed by atoms with Crippen LogP contribution >= 0.6 is 11.8 Å². The van der Waals surface area contributed by atoms with E-state index in [0.717, 1.165) is 11.8 Å². The van der Waals surface area contributed by atoms with Gasteiger partial charge in [0.2, 0.25) is 5.78 Å². The van der Waals surface area contributed by atoms with Crippen molar-refractivity contribution in [1.82, 2.24) is 0 Å². The summed E-state index contributed by atoms with van der Waals surface area (Å²) in [5.74, 6) is -1.69. The monoisotopic (exact) mass is 274 g/mol. The third-order valence-electron chi connectivity index (χ3n) is 2.18. The first kappa shape index (κ1) is 14.8. The fourth-order valence-electron chi connectivity index (χ4n) is 1.31. The number of ketones is 1. The van der Waals surface area contributed by atoms with Crippen molar-refractivity contribution in [3.63, 3.8) is 0 Å². The standard InChI is InChI=1S/C13H13F3OS/c1-2-3-9-11(12(17)13(14,15)16)18-10-7-5-4-6-8-10/h2-8,11H,9H2,1H3/b3-2+. The van der Waals surface area contributed by atoms with Crippen molar-refractivity contribution in [2.75, 3.05) is 0 Å². The van der Waals surface area contributed by atoms with Crippen LogP contribution in [0, 0.1) is 0 Å². The molecule has 1 unspecified atom stereocenters. The maximum absolute atomic E-state index is 12.4. The smallest absolute Gasteiger partial charge is 0.288 e. The maximum Gasteiger partial charge on any atom is 0.451 e. The molecule has 1 rings (SSSR count). The lowest BCUT2D eigenvalue weighted by molar-refractivity contribution is -0.170. The maximum atomic E-state index is 12.4. The molecule has 0 spiro atoms. The van der Waals surface area contributed by atoms with Crippen LogP contribution in [0.3, 0.4) is 0 Å². The predicted octanol–water partition coefficient (Wildman–Crippen LogP) is 4.24. The highest BCUT2D eigenvalue weighted by Crippen LogP contribution is 2.31. The lowest BCUT2D eigenvalue weighted by Gasteiger charge is -2.15. The van der Waals surface area contributed by atoms with E-state index in [4.69, 9.17) is 0 Å². The molecule has 5 heteroatoms. The van der Waals surface area contributed by atoms with E-state index in [9.17, 15) is 18.0 Å². The molecule has 0 amide bonds. The molecule has 1 atom stereocenters. The van der Waals surface area contributed by atoms with E-state index in [0.29, 0.717) is 4.90 Å². The van der Waals surface area contributed by atoms with Crippen LogP contribution in [0.1, 0.15) is 13.3 Å². The number of halogens is 3. The summed E-state index contributed by atoms with van der Waals surface area (Å²) < 4.78 is 37.3. The Bertz CT molecular complexity index is 412. The number of thioether (sulfide) groups is 1. The predicted molar refractivity (Wildman–Crippen MR) is 66.6 cm³/mol. The van der Waals surface area contributed by atoms with Gasteiger partial charge in [-0.1, -0.05) is 30.4 Å². The first-order valence-corrected chi connectivity index (χ1v) is 6.27. The molecule has 1 nitrogen and oxygen atoms in total. The Balaban J connectivity index is 2.82. The summed E-state index contributed by atoms with van der Waals surface area (Å²) in [6.45, 7) is 1.71. The molecular formula is C13H13F3OS. The van der Waals surface area contributed by atoms with Gasteiger partial charge in [0.05, 0.1) is 5.25 Å².